The number of fused-ring (bicyclic) bond motifs is 1. The lowest BCUT2D eigenvalue weighted by atomic mass is 9.96. The lowest BCUT2D eigenvalue weighted by Crippen LogP contribution is -1.89. The molecule has 0 aliphatic carbocycles. The number of hydrogen-bond acceptors (Lipinski definition) is 2. The number of aromatic hydroxyl groups is 1. The van der Waals surface area contributed by atoms with Gasteiger partial charge in [0.25, 0.3) is 0 Å². The van der Waals surface area contributed by atoms with E-state index < -0.39 is 0 Å². The van der Waals surface area contributed by atoms with Crippen LogP contribution in [0.4, 0.5) is 0 Å². The molecule has 2 aromatic carbocycles. The van der Waals surface area contributed by atoms with E-state index in [-0.39, 0.29) is 0 Å². The third-order valence-corrected chi connectivity index (χ3v) is 3.45. The Balaban J connectivity index is 2.34. The Labute approximate surface area is 112 Å². The lowest BCUT2D eigenvalue weighted by molar-refractivity contribution is 0.471. The fourth-order valence-corrected chi connectivity index (χ4v) is 2.44. The van der Waals surface area contributed by atoms with Gasteiger partial charge in [-0.25, -0.2) is 0 Å². The van der Waals surface area contributed by atoms with Gasteiger partial charge in [-0.3, -0.25) is 4.98 Å². The van der Waals surface area contributed by atoms with Gasteiger partial charge in [-0.2, -0.15) is 0 Å². The van der Waals surface area contributed by atoms with Crippen LogP contribution in [-0.4, -0.2) is 10.1 Å². The summed E-state index contributed by atoms with van der Waals surface area (Å²) in [6, 6.07) is 13.9. The smallest absolute Gasteiger partial charge is 0.118 e. The minimum atomic E-state index is 0.333. The normalized spacial score (nSPS) is 10.8. The third-order valence-electron chi connectivity index (χ3n) is 3.45. The van der Waals surface area contributed by atoms with Gasteiger partial charge in [0.2, 0.25) is 0 Å². The molecule has 0 aliphatic heterocycles. The highest BCUT2D eigenvalue weighted by atomic mass is 16.3. The number of phenols is 1. The Kier molecular flexibility index (Phi) is 2.71. The number of nitrogens with zero attached hydrogens (tertiary/aromatic N) is 1. The Morgan fingerprint density at radius 2 is 1.74 bits per heavy atom. The number of aryl methyl sites for hydroxylation is 2. The summed E-state index contributed by atoms with van der Waals surface area (Å²) >= 11 is 0. The average Bonchev–Trinajstić information content (AvgIpc) is 2.42. The van der Waals surface area contributed by atoms with Gasteiger partial charge in [0.15, 0.2) is 0 Å². The minimum absolute atomic E-state index is 0.333. The highest BCUT2D eigenvalue weighted by molar-refractivity contribution is 5.96. The first-order chi connectivity index (χ1) is 9.16. The van der Waals surface area contributed by atoms with Crippen molar-refractivity contribution in [1.82, 2.24) is 4.98 Å². The SMILES string of the molecule is Cc1cc(-c2c(C)cnc3ccccc23)ccc1O. The van der Waals surface area contributed by atoms with E-state index in [9.17, 15) is 5.11 Å². The van der Waals surface area contributed by atoms with Gasteiger partial charge in [0, 0.05) is 11.6 Å². The topological polar surface area (TPSA) is 33.1 Å². The van der Waals surface area contributed by atoms with Gasteiger partial charge in [-0.05, 0) is 54.3 Å². The molecule has 0 fully saturated rings. The van der Waals surface area contributed by atoms with Crippen molar-refractivity contribution in [3.8, 4) is 16.9 Å². The molecule has 0 saturated carbocycles. The van der Waals surface area contributed by atoms with Crippen molar-refractivity contribution in [2.75, 3.05) is 0 Å². The van der Waals surface area contributed by atoms with Gasteiger partial charge in [-0.15, -0.1) is 0 Å². The van der Waals surface area contributed by atoms with Crippen LogP contribution in [-0.2, 0) is 0 Å². The van der Waals surface area contributed by atoms with E-state index in [1.54, 1.807) is 6.07 Å². The molecule has 3 aromatic rings. The molecule has 0 spiro atoms. The summed E-state index contributed by atoms with van der Waals surface area (Å²) in [5.41, 5.74) is 5.33. The molecule has 94 valence electrons. The van der Waals surface area contributed by atoms with Crippen molar-refractivity contribution < 1.29 is 5.11 Å². The van der Waals surface area contributed by atoms with Crippen LogP contribution in [0.25, 0.3) is 22.0 Å². The molecule has 2 heteroatoms. The molecule has 0 atom stereocenters. The average molecular weight is 249 g/mol. The van der Waals surface area contributed by atoms with E-state index in [1.165, 1.54) is 5.56 Å². The maximum Gasteiger partial charge on any atom is 0.118 e. The predicted octanol–water partition coefficient (Wildman–Crippen LogP) is 4.22. The van der Waals surface area contributed by atoms with E-state index in [2.05, 4.69) is 18.0 Å². The van der Waals surface area contributed by atoms with Gasteiger partial charge < -0.3 is 5.11 Å². The second-order valence-electron chi connectivity index (χ2n) is 4.83. The zero-order valence-corrected chi connectivity index (χ0v) is 11.0. The predicted molar refractivity (Wildman–Crippen MR) is 78.3 cm³/mol. The maximum absolute atomic E-state index is 9.66. The second kappa shape index (κ2) is 4.39. The number of phenolic OH excluding ortho intramolecular Hbond substituents is 1. The summed E-state index contributed by atoms with van der Waals surface area (Å²) in [6.07, 6.45) is 1.90. The number of aromatic nitrogens is 1. The molecule has 0 aliphatic rings. The second-order valence-corrected chi connectivity index (χ2v) is 4.83. The Morgan fingerprint density at radius 1 is 0.947 bits per heavy atom. The molecule has 19 heavy (non-hydrogen) atoms. The van der Waals surface area contributed by atoms with Gasteiger partial charge in [0.05, 0.1) is 5.52 Å². The zero-order valence-electron chi connectivity index (χ0n) is 11.0. The summed E-state index contributed by atoms with van der Waals surface area (Å²) in [5.74, 6) is 0.333. The molecular formula is C17H15NO. The summed E-state index contributed by atoms with van der Waals surface area (Å²) in [7, 11) is 0. The largest absolute Gasteiger partial charge is 0.508 e. The molecule has 1 N–H and O–H groups in total. The van der Waals surface area contributed by atoms with Gasteiger partial charge in [0.1, 0.15) is 5.75 Å². The van der Waals surface area contributed by atoms with Gasteiger partial charge in [-0.1, -0.05) is 24.3 Å². The number of pyridine rings is 1. The number of benzene rings is 2. The van der Waals surface area contributed by atoms with E-state index in [1.807, 2.05) is 43.5 Å². The number of hydrogen-bond donors (Lipinski definition) is 1. The molecule has 1 heterocycles. The Bertz CT molecular complexity index is 762. The molecular weight excluding hydrogens is 234 g/mol. The first-order valence-electron chi connectivity index (χ1n) is 6.31. The molecule has 0 unspecified atom stereocenters. The van der Waals surface area contributed by atoms with Crippen LogP contribution in [0.2, 0.25) is 0 Å². The first-order valence-corrected chi connectivity index (χ1v) is 6.31. The van der Waals surface area contributed by atoms with Crippen molar-refractivity contribution in [3.63, 3.8) is 0 Å². The van der Waals surface area contributed by atoms with Gasteiger partial charge >= 0.3 is 0 Å². The summed E-state index contributed by atoms with van der Waals surface area (Å²) < 4.78 is 0. The Morgan fingerprint density at radius 3 is 2.53 bits per heavy atom. The highest BCUT2D eigenvalue weighted by Gasteiger charge is 2.09. The van der Waals surface area contributed by atoms with Crippen LogP contribution in [0.3, 0.4) is 0 Å². The molecule has 0 amide bonds. The maximum atomic E-state index is 9.66. The Hall–Kier alpha value is -2.35. The van der Waals surface area contributed by atoms with Crippen molar-refractivity contribution >= 4 is 10.9 Å². The highest BCUT2D eigenvalue weighted by Crippen LogP contribution is 2.32. The number of para-hydroxylation sites is 1. The standard InChI is InChI=1S/C17H15NO/c1-11-9-13(7-8-16(11)19)17-12(2)10-18-15-6-4-3-5-14(15)17/h3-10,19H,1-2H3. The fraction of sp³-hybridized carbons (Fsp3) is 0.118. The van der Waals surface area contributed by atoms with Crippen molar-refractivity contribution in [3.05, 3.63) is 59.8 Å². The third kappa shape index (κ3) is 1.95. The van der Waals surface area contributed by atoms with E-state index in [0.717, 1.165) is 27.6 Å². The molecule has 0 saturated heterocycles. The minimum Gasteiger partial charge on any atom is -0.508 e. The van der Waals surface area contributed by atoms with E-state index in [4.69, 9.17) is 0 Å². The van der Waals surface area contributed by atoms with Crippen molar-refractivity contribution in [2.45, 2.75) is 13.8 Å². The molecule has 1 aromatic heterocycles. The van der Waals surface area contributed by atoms with Crippen LogP contribution < -0.4 is 0 Å². The van der Waals surface area contributed by atoms with E-state index >= 15 is 0 Å². The molecule has 3 rings (SSSR count). The monoisotopic (exact) mass is 249 g/mol. The lowest BCUT2D eigenvalue weighted by Gasteiger charge is -2.11. The van der Waals surface area contributed by atoms with Crippen LogP contribution >= 0.6 is 0 Å². The van der Waals surface area contributed by atoms with Crippen LogP contribution in [0.15, 0.2) is 48.7 Å². The zero-order chi connectivity index (χ0) is 13.4. The van der Waals surface area contributed by atoms with Crippen molar-refractivity contribution in [1.29, 1.82) is 0 Å². The first kappa shape index (κ1) is 11.7. The fourth-order valence-electron chi connectivity index (χ4n) is 2.44. The summed E-state index contributed by atoms with van der Waals surface area (Å²) in [5, 5.41) is 10.8. The van der Waals surface area contributed by atoms with Crippen LogP contribution in [0.5, 0.6) is 5.75 Å². The quantitative estimate of drug-likeness (QED) is 0.700. The molecule has 0 radical (unpaired) electrons. The summed E-state index contributed by atoms with van der Waals surface area (Å²) in [4.78, 5) is 4.46. The molecule has 0 bridgehead atoms. The summed E-state index contributed by atoms with van der Waals surface area (Å²) in [6.45, 7) is 3.98. The number of rotatable bonds is 1. The van der Waals surface area contributed by atoms with Crippen LogP contribution in [0.1, 0.15) is 11.1 Å². The van der Waals surface area contributed by atoms with E-state index in [0.29, 0.717) is 5.75 Å². The molecule has 2 nitrogen and oxygen atoms in total. The van der Waals surface area contributed by atoms with Crippen LogP contribution in [0, 0.1) is 13.8 Å². The van der Waals surface area contributed by atoms with Crippen molar-refractivity contribution in [2.24, 2.45) is 0 Å².